The van der Waals surface area contributed by atoms with E-state index in [0.29, 0.717) is 35.4 Å². The van der Waals surface area contributed by atoms with Crippen LogP contribution in [0.15, 0.2) is 64.0 Å². The molecule has 7 heteroatoms. The summed E-state index contributed by atoms with van der Waals surface area (Å²) in [6, 6.07) is 13.1. The van der Waals surface area contributed by atoms with Crippen LogP contribution >= 0.6 is 0 Å². The molecule has 3 heterocycles. The molecular weight excluding hydrogens is 347 g/mol. The number of nitrogens with one attached hydrogen (secondary N) is 1. The summed E-state index contributed by atoms with van der Waals surface area (Å²) >= 11 is 0. The lowest BCUT2D eigenvalue weighted by molar-refractivity contribution is 0.265. The molecule has 0 unspecified atom stereocenters. The second-order valence-electron chi connectivity index (χ2n) is 6.41. The van der Waals surface area contributed by atoms with Gasteiger partial charge in [0.25, 0.3) is 0 Å². The summed E-state index contributed by atoms with van der Waals surface area (Å²) in [5.41, 5.74) is 2.58. The predicted molar refractivity (Wildman–Crippen MR) is 99.4 cm³/mol. The van der Waals surface area contributed by atoms with Crippen LogP contribution in [0.1, 0.15) is 11.5 Å². The monoisotopic (exact) mass is 364 g/mol. The Labute approximate surface area is 154 Å². The van der Waals surface area contributed by atoms with Gasteiger partial charge in [0.15, 0.2) is 11.2 Å². The molecule has 0 aliphatic carbocycles. The smallest absolute Gasteiger partial charge is 0.189 e. The molecule has 136 valence electrons. The Balaban J connectivity index is 1.49. The Bertz CT molecular complexity index is 1140. The van der Waals surface area contributed by atoms with Gasteiger partial charge in [-0.3, -0.25) is 14.7 Å². The average molecular weight is 364 g/mol. The fraction of sp³-hybridized carbons (Fsp3) is 0.150. The van der Waals surface area contributed by atoms with Gasteiger partial charge in [0.2, 0.25) is 0 Å². The molecular formula is C20H17FN4O2. The van der Waals surface area contributed by atoms with E-state index in [1.54, 1.807) is 12.3 Å². The van der Waals surface area contributed by atoms with E-state index in [9.17, 15) is 9.18 Å². The summed E-state index contributed by atoms with van der Waals surface area (Å²) in [5.74, 6) is 0.273. The first-order valence-electron chi connectivity index (χ1n) is 8.45. The van der Waals surface area contributed by atoms with Crippen molar-refractivity contribution in [2.45, 2.75) is 13.1 Å². The van der Waals surface area contributed by atoms with Crippen LogP contribution in [0.25, 0.3) is 22.3 Å². The Hall–Kier alpha value is -3.32. The van der Waals surface area contributed by atoms with Gasteiger partial charge < -0.3 is 9.51 Å². The van der Waals surface area contributed by atoms with Crippen molar-refractivity contribution in [2.75, 3.05) is 7.05 Å². The van der Waals surface area contributed by atoms with E-state index in [0.717, 1.165) is 11.4 Å². The fourth-order valence-electron chi connectivity index (χ4n) is 2.99. The number of aromatic nitrogens is 3. The number of halogens is 1. The van der Waals surface area contributed by atoms with Crippen molar-refractivity contribution in [1.82, 2.24) is 20.0 Å². The number of benzene rings is 1. The summed E-state index contributed by atoms with van der Waals surface area (Å²) in [7, 11) is 1.91. The zero-order chi connectivity index (χ0) is 18.8. The topological polar surface area (TPSA) is 75.0 Å². The minimum Gasteiger partial charge on any atom is -0.359 e. The van der Waals surface area contributed by atoms with Gasteiger partial charge in [0, 0.05) is 41.5 Å². The number of pyridine rings is 2. The SMILES string of the molecule is CN(Cc1cc(=O)c2cc(F)ccc2[nH]1)Cc1cc(-c2ccccn2)no1. The molecule has 0 radical (unpaired) electrons. The maximum absolute atomic E-state index is 13.3. The first-order valence-corrected chi connectivity index (χ1v) is 8.45. The predicted octanol–water partition coefficient (Wildman–Crippen LogP) is 3.35. The molecule has 6 nitrogen and oxygen atoms in total. The van der Waals surface area contributed by atoms with Crippen molar-refractivity contribution in [3.8, 4) is 11.4 Å². The van der Waals surface area contributed by atoms with Crippen molar-refractivity contribution < 1.29 is 8.91 Å². The van der Waals surface area contributed by atoms with Gasteiger partial charge in [-0.1, -0.05) is 11.2 Å². The normalized spacial score (nSPS) is 11.4. The van der Waals surface area contributed by atoms with E-state index in [1.165, 1.54) is 18.2 Å². The molecule has 0 fully saturated rings. The highest BCUT2D eigenvalue weighted by Crippen LogP contribution is 2.18. The molecule has 0 saturated carbocycles. The van der Waals surface area contributed by atoms with Gasteiger partial charge in [-0.15, -0.1) is 0 Å². The lowest BCUT2D eigenvalue weighted by Gasteiger charge is -2.15. The maximum atomic E-state index is 13.3. The zero-order valence-corrected chi connectivity index (χ0v) is 14.6. The minimum absolute atomic E-state index is 0.205. The summed E-state index contributed by atoms with van der Waals surface area (Å²) in [5, 5.41) is 4.40. The largest absolute Gasteiger partial charge is 0.359 e. The molecule has 4 rings (SSSR count). The summed E-state index contributed by atoms with van der Waals surface area (Å²) in [6.07, 6.45) is 1.71. The standard InChI is InChI=1S/C20H17FN4O2/c1-25(12-15-10-19(24-27-15)18-4-2-3-7-22-18)11-14-9-20(26)16-8-13(21)5-6-17(16)23-14/h2-10H,11-12H2,1H3,(H,23,26). The Morgan fingerprint density at radius 2 is 2.00 bits per heavy atom. The molecule has 0 aliphatic rings. The minimum atomic E-state index is -0.424. The van der Waals surface area contributed by atoms with Crippen molar-refractivity contribution >= 4 is 10.9 Å². The molecule has 1 aromatic carbocycles. The van der Waals surface area contributed by atoms with E-state index in [-0.39, 0.29) is 5.43 Å². The van der Waals surface area contributed by atoms with Crippen LogP contribution in [-0.4, -0.2) is 27.1 Å². The van der Waals surface area contributed by atoms with E-state index in [4.69, 9.17) is 4.52 Å². The van der Waals surface area contributed by atoms with Crippen LogP contribution in [0.3, 0.4) is 0 Å². The fourth-order valence-corrected chi connectivity index (χ4v) is 2.99. The van der Waals surface area contributed by atoms with Gasteiger partial charge in [-0.2, -0.15) is 0 Å². The molecule has 0 bridgehead atoms. The summed E-state index contributed by atoms with van der Waals surface area (Å²) in [4.78, 5) is 21.6. The lowest BCUT2D eigenvalue weighted by atomic mass is 10.2. The number of H-pyrrole nitrogens is 1. The van der Waals surface area contributed by atoms with Crippen LogP contribution in [0.5, 0.6) is 0 Å². The molecule has 1 N–H and O–H groups in total. The van der Waals surface area contributed by atoms with Crippen LogP contribution in [0.4, 0.5) is 4.39 Å². The number of aromatic amines is 1. The molecule has 0 spiro atoms. The van der Waals surface area contributed by atoms with E-state index >= 15 is 0 Å². The average Bonchev–Trinajstić information content (AvgIpc) is 3.11. The number of hydrogen-bond acceptors (Lipinski definition) is 5. The number of nitrogens with zero attached hydrogens (tertiary/aromatic N) is 3. The van der Waals surface area contributed by atoms with Gasteiger partial charge in [-0.25, -0.2) is 4.39 Å². The first kappa shape index (κ1) is 17.1. The Morgan fingerprint density at radius 1 is 1.11 bits per heavy atom. The second-order valence-corrected chi connectivity index (χ2v) is 6.41. The third-order valence-corrected chi connectivity index (χ3v) is 4.20. The van der Waals surface area contributed by atoms with Crippen LogP contribution in [-0.2, 0) is 13.1 Å². The number of hydrogen-bond donors (Lipinski definition) is 1. The van der Waals surface area contributed by atoms with E-state index in [2.05, 4.69) is 15.1 Å². The Morgan fingerprint density at radius 3 is 2.81 bits per heavy atom. The third-order valence-electron chi connectivity index (χ3n) is 4.20. The molecule has 0 aliphatic heterocycles. The van der Waals surface area contributed by atoms with E-state index in [1.807, 2.05) is 36.2 Å². The molecule has 0 saturated heterocycles. The molecule has 3 aromatic heterocycles. The lowest BCUT2D eigenvalue weighted by Crippen LogP contribution is -2.19. The Kier molecular flexibility index (Phi) is 4.52. The number of fused-ring (bicyclic) bond motifs is 1. The second kappa shape index (κ2) is 7.13. The summed E-state index contributed by atoms with van der Waals surface area (Å²) in [6.45, 7) is 1.02. The van der Waals surface area contributed by atoms with Crippen LogP contribution in [0, 0.1) is 5.82 Å². The first-order chi connectivity index (χ1) is 13.1. The van der Waals surface area contributed by atoms with Gasteiger partial charge in [0.1, 0.15) is 11.5 Å². The molecule has 27 heavy (non-hydrogen) atoms. The zero-order valence-electron chi connectivity index (χ0n) is 14.6. The molecule has 0 amide bonds. The highest BCUT2D eigenvalue weighted by Gasteiger charge is 2.11. The number of rotatable bonds is 5. The van der Waals surface area contributed by atoms with Crippen molar-refractivity contribution in [1.29, 1.82) is 0 Å². The quantitative estimate of drug-likeness (QED) is 0.588. The molecule has 0 atom stereocenters. The third kappa shape index (κ3) is 3.78. The van der Waals surface area contributed by atoms with Gasteiger partial charge in [-0.05, 0) is 37.4 Å². The highest BCUT2D eigenvalue weighted by molar-refractivity contribution is 5.78. The van der Waals surface area contributed by atoms with Crippen molar-refractivity contribution in [3.05, 3.63) is 82.2 Å². The van der Waals surface area contributed by atoms with Gasteiger partial charge in [0.05, 0.1) is 12.2 Å². The van der Waals surface area contributed by atoms with Crippen molar-refractivity contribution in [3.63, 3.8) is 0 Å². The van der Waals surface area contributed by atoms with Gasteiger partial charge >= 0.3 is 0 Å². The summed E-state index contributed by atoms with van der Waals surface area (Å²) < 4.78 is 18.7. The maximum Gasteiger partial charge on any atom is 0.189 e. The highest BCUT2D eigenvalue weighted by atomic mass is 19.1. The van der Waals surface area contributed by atoms with Crippen molar-refractivity contribution in [2.24, 2.45) is 0 Å². The molecule has 4 aromatic rings. The van der Waals surface area contributed by atoms with Crippen LogP contribution in [0.2, 0.25) is 0 Å². The van der Waals surface area contributed by atoms with E-state index < -0.39 is 5.82 Å². The van der Waals surface area contributed by atoms with Crippen LogP contribution < -0.4 is 5.43 Å².